The Bertz CT molecular complexity index is 1060. The van der Waals surface area contributed by atoms with Crippen molar-refractivity contribution in [3.63, 3.8) is 0 Å². The zero-order valence-electron chi connectivity index (χ0n) is 20.1. The quantitative estimate of drug-likeness (QED) is 0.505. The molecule has 0 amide bonds. The standard InChI is InChI=1S/C26H34N6O2/c1-33-22-12-13-23(24(18-22)34-2)25(26-27-28-29-32(26)21-10-6-7-11-21)31-16-14-30(15-17-31)19-20-8-4-3-5-9-20/h3-5,8-9,12-13,18,21,25H,6-7,10-11,14-17,19H2,1-2H3/t25-/m0/s1. The van der Waals surface area contributed by atoms with Gasteiger partial charge in [-0.2, -0.15) is 0 Å². The van der Waals surface area contributed by atoms with E-state index in [-0.39, 0.29) is 6.04 Å². The van der Waals surface area contributed by atoms with Gasteiger partial charge in [-0.1, -0.05) is 43.2 Å². The highest BCUT2D eigenvalue weighted by atomic mass is 16.5. The van der Waals surface area contributed by atoms with Crippen molar-refractivity contribution < 1.29 is 9.47 Å². The normalized spacial score (nSPS) is 18.8. The van der Waals surface area contributed by atoms with Crippen LogP contribution in [0.5, 0.6) is 11.5 Å². The topological polar surface area (TPSA) is 68.5 Å². The molecule has 1 aliphatic heterocycles. The summed E-state index contributed by atoms with van der Waals surface area (Å²) in [6.07, 6.45) is 4.74. The van der Waals surface area contributed by atoms with Crippen LogP contribution < -0.4 is 9.47 Å². The average molecular weight is 463 g/mol. The molecule has 34 heavy (non-hydrogen) atoms. The van der Waals surface area contributed by atoms with E-state index in [1.807, 2.05) is 12.1 Å². The molecule has 1 aromatic heterocycles. The van der Waals surface area contributed by atoms with E-state index in [2.05, 4.69) is 66.4 Å². The molecule has 1 atom stereocenters. The summed E-state index contributed by atoms with van der Waals surface area (Å²) in [5.74, 6) is 2.49. The van der Waals surface area contributed by atoms with Gasteiger partial charge in [-0.3, -0.25) is 9.80 Å². The molecule has 1 saturated heterocycles. The van der Waals surface area contributed by atoms with Gasteiger partial charge in [0.25, 0.3) is 0 Å². The second-order valence-electron chi connectivity index (χ2n) is 9.23. The highest BCUT2D eigenvalue weighted by Crippen LogP contribution is 2.39. The van der Waals surface area contributed by atoms with Crippen LogP contribution in [-0.4, -0.2) is 70.4 Å². The fraction of sp³-hybridized carbons (Fsp3) is 0.500. The smallest absolute Gasteiger partial charge is 0.173 e. The number of aromatic nitrogens is 4. The van der Waals surface area contributed by atoms with Crippen LogP contribution in [-0.2, 0) is 6.54 Å². The lowest BCUT2D eigenvalue weighted by atomic mass is 10.0. The summed E-state index contributed by atoms with van der Waals surface area (Å²) in [6.45, 7) is 4.84. The van der Waals surface area contributed by atoms with Crippen molar-refractivity contribution in [3.8, 4) is 11.5 Å². The predicted molar refractivity (Wildman–Crippen MR) is 130 cm³/mol. The van der Waals surface area contributed by atoms with Crippen LogP contribution in [0.15, 0.2) is 48.5 Å². The van der Waals surface area contributed by atoms with Crippen LogP contribution >= 0.6 is 0 Å². The Kier molecular flexibility index (Phi) is 7.06. The van der Waals surface area contributed by atoms with Gasteiger partial charge in [0.05, 0.1) is 20.3 Å². The average Bonchev–Trinajstić information content (AvgIpc) is 3.58. The van der Waals surface area contributed by atoms with Crippen LogP contribution in [0.1, 0.15) is 54.7 Å². The van der Waals surface area contributed by atoms with Gasteiger partial charge in [-0.25, -0.2) is 4.68 Å². The Morgan fingerprint density at radius 3 is 2.41 bits per heavy atom. The van der Waals surface area contributed by atoms with E-state index in [4.69, 9.17) is 9.47 Å². The third kappa shape index (κ3) is 4.79. The fourth-order valence-electron chi connectivity index (χ4n) is 5.35. The summed E-state index contributed by atoms with van der Waals surface area (Å²) < 4.78 is 13.4. The van der Waals surface area contributed by atoms with Crippen molar-refractivity contribution in [3.05, 3.63) is 65.5 Å². The second kappa shape index (κ2) is 10.5. The van der Waals surface area contributed by atoms with E-state index in [0.717, 1.165) is 68.5 Å². The molecule has 2 heterocycles. The minimum atomic E-state index is -0.0738. The molecule has 5 rings (SSSR count). The first-order chi connectivity index (χ1) is 16.8. The molecule has 0 N–H and O–H groups in total. The number of ether oxygens (including phenoxy) is 2. The highest BCUT2D eigenvalue weighted by Gasteiger charge is 2.34. The maximum Gasteiger partial charge on any atom is 0.173 e. The summed E-state index contributed by atoms with van der Waals surface area (Å²) in [4.78, 5) is 5.02. The molecule has 180 valence electrons. The Morgan fingerprint density at radius 2 is 1.71 bits per heavy atom. The number of rotatable bonds is 8. The van der Waals surface area contributed by atoms with Crippen LogP contribution in [0.25, 0.3) is 0 Å². The first-order valence-corrected chi connectivity index (χ1v) is 12.3. The maximum absolute atomic E-state index is 5.83. The molecule has 0 unspecified atom stereocenters. The van der Waals surface area contributed by atoms with Crippen molar-refractivity contribution in [2.75, 3.05) is 40.4 Å². The minimum absolute atomic E-state index is 0.0738. The van der Waals surface area contributed by atoms with E-state index < -0.39 is 0 Å². The van der Waals surface area contributed by atoms with Crippen molar-refractivity contribution in [2.24, 2.45) is 0 Å². The van der Waals surface area contributed by atoms with Crippen molar-refractivity contribution in [2.45, 2.75) is 44.3 Å². The lowest BCUT2D eigenvalue weighted by Gasteiger charge is -2.39. The lowest BCUT2D eigenvalue weighted by Crippen LogP contribution is -2.48. The molecule has 2 fully saturated rings. The monoisotopic (exact) mass is 462 g/mol. The van der Waals surface area contributed by atoms with Crippen molar-refractivity contribution in [1.29, 1.82) is 0 Å². The Hall–Kier alpha value is -2.97. The molecule has 2 aliphatic rings. The van der Waals surface area contributed by atoms with Gasteiger partial charge in [0.2, 0.25) is 0 Å². The molecule has 1 saturated carbocycles. The van der Waals surface area contributed by atoms with Gasteiger partial charge in [-0.05, 0) is 41.0 Å². The van der Waals surface area contributed by atoms with Gasteiger partial charge < -0.3 is 9.47 Å². The zero-order valence-corrected chi connectivity index (χ0v) is 20.1. The third-order valence-electron chi connectivity index (χ3n) is 7.19. The molecule has 0 spiro atoms. The van der Waals surface area contributed by atoms with Gasteiger partial charge in [-0.15, -0.1) is 5.10 Å². The number of tetrazole rings is 1. The molecular weight excluding hydrogens is 428 g/mol. The first-order valence-electron chi connectivity index (χ1n) is 12.3. The summed E-state index contributed by atoms with van der Waals surface area (Å²) >= 11 is 0. The van der Waals surface area contributed by atoms with Gasteiger partial charge in [0.1, 0.15) is 17.5 Å². The van der Waals surface area contributed by atoms with Gasteiger partial charge in [0, 0.05) is 44.4 Å². The summed E-state index contributed by atoms with van der Waals surface area (Å²) in [7, 11) is 3.39. The molecule has 8 nitrogen and oxygen atoms in total. The summed E-state index contributed by atoms with van der Waals surface area (Å²) in [5.41, 5.74) is 2.43. The predicted octanol–water partition coefficient (Wildman–Crippen LogP) is 3.71. The van der Waals surface area contributed by atoms with Crippen LogP contribution in [0, 0.1) is 0 Å². The van der Waals surface area contributed by atoms with E-state index in [9.17, 15) is 0 Å². The largest absolute Gasteiger partial charge is 0.497 e. The van der Waals surface area contributed by atoms with Crippen molar-refractivity contribution in [1.82, 2.24) is 30.0 Å². The van der Waals surface area contributed by atoms with Crippen molar-refractivity contribution >= 4 is 0 Å². The van der Waals surface area contributed by atoms with E-state index in [0.29, 0.717) is 6.04 Å². The van der Waals surface area contributed by atoms with E-state index in [1.165, 1.54) is 18.4 Å². The molecule has 1 aliphatic carbocycles. The summed E-state index contributed by atoms with van der Waals surface area (Å²) in [6, 6.07) is 17.1. The third-order valence-corrected chi connectivity index (χ3v) is 7.19. The Balaban J connectivity index is 1.43. The number of methoxy groups -OCH3 is 2. The molecule has 3 aromatic rings. The van der Waals surface area contributed by atoms with Gasteiger partial charge in [0.15, 0.2) is 5.82 Å². The number of hydrogen-bond donors (Lipinski definition) is 0. The highest BCUT2D eigenvalue weighted by molar-refractivity contribution is 5.44. The maximum atomic E-state index is 5.83. The molecule has 0 radical (unpaired) electrons. The van der Waals surface area contributed by atoms with Gasteiger partial charge >= 0.3 is 0 Å². The molecule has 2 aromatic carbocycles. The Labute approximate surface area is 201 Å². The lowest BCUT2D eigenvalue weighted by molar-refractivity contribution is 0.0983. The zero-order chi connectivity index (χ0) is 23.3. The Morgan fingerprint density at radius 1 is 0.941 bits per heavy atom. The molecular formula is C26H34N6O2. The number of hydrogen-bond acceptors (Lipinski definition) is 7. The van der Waals surface area contributed by atoms with Crippen LogP contribution in [0.3, 0.4) is 0 Å². The fourth-order valence-corrected chi connectivity index (χ4v) is 5.35. The van der Waals surface area contributed by atoms with Crippen LogP contribution in [0.4, 0.5) is 0 Å². The van der Waals surface area contributed by atoms with Crippen LogP contribution in [0.2, 0.25) is 0 Å². The minimum Gasteiger partial charge on any atom is -0.497 e. The van der Waals surface area contributed by atoms with E-state index in [1.54, 1.807) is 14.2 Å². The summed E-state index contributed by atoms with van der Waals surface area (Å²) in [5, 5.41) is 13.2. The molecule has 0 bridgehead atoms. The second-order valence-corrected chi connectivity index (χ2v) is 9.23. The number of benzene rings is 2. The number of nitrogens with zero attached hydrogens (tertiary/aromatic N) is 6. The SMILES string of the molecule is COc1ccc([C@@H](c2nnnn2C2CCCC2)N2CCN(Cc3ccccc3)CC2)c(OC)c1. The molecule has 8 heteroatoms. The van der Waals surface area contributed by atoms with E-state index >= 15 is 0 Å². The number of piperazine rings is 1. The first kappa shape index (κ1) is 22.8.